The molecule has 4 rings (SSSR count). The van der Waals surface area contributed by atoms with Gasteiger partial charge in [0.2, 0.25) is 6.10 Å². The Kier molecular flexibility index (Phi) is 5.50. The van der Waals surface area contributed by atoms with Crippen LogP contribution in [-0.2, 0) is 16.2 Å². The highest BCUT2D eigenvalue weighted by atomic mass is 35.5. The first-order chi connectivity index (χ1) is 14.4. The molecule has 154 valence electrons. The summed E-state index contributed by atoms with van der Waals surface area (Å²) in [5.74, 6) is -1.03. The van der Waals surface area contributed by atoms with Crippen molar-refractivity contribution >= 4 is 29.0 Å². The number of rotatable bonds is 5. The van der Waals surface area contributed by atoms with Gasteiger partial charge in [-0.25, -0.2) is 8.78 Å². The molecule has 1 N–H and O–H groups in total. The van der Waals surface area contributed by atoms with E-state index in [1.165, 1.54) is 18.2 Å². The summed E-state index contributed by atoms with van der Waals surface area (Å²) in [6, 6.07) is 12.4. The number of hydrogen-bond acceptors (Lipinski definition) is 4. The topological polar surface area (TPSA) is 68.5 Å². The number of halogens is 3. The molecule has 30 heavy (non-hydrogen) atoms. The van der Waals surface area contributed by atoms with Crippen LogP contribution in [0.5, 0.6) is 0 Å². The molecule has 1 amide bonds. The molecule has 1 aliphatic heterocycles. The van der Waals surface area contributed by atoms with Crippen LogP contribution in [0.1, 0.15) is 23.2 Å². The third-order valence-electron chi connectivity index (χ3n) is 4.72. The molecule has 2 heterocycles. The Morgan fingerprint density at radius 3 is 2.77 bits per heavy atom. The van der Waals surface area contributed by atoms with Crippen molar-refractivity contribution < 1.29 is 18.4 Å². The summed E-state index contributed by atoms with van der Waals surface area (Å²) in [5.41, 5.74) is 1.62. The van der Waals surface area contributed by atoms with Crippen LogP contribution in [0.15, 0.2) is 53.7 Å². The lowest BCUT2D eigenvalue weighted by atomic mass is 10.0. The van der Waals surface area contributed by atoms with Crippen LogP contribution in [0.25, 0.3) is 0 Å². The minimum absolute atomic E-state index is 0.0708. The van der Waals surface area contributed by atoms with Crippen molar-refractivity contribution in [2.45, 2.75) is 26.0 Å². The Bertz CT molecular complexity index is 1130. The number of amides is 1. The summed E-state index contributed by atoms with van der Waals surface area (Å²) in [5, 5.41) is 11.0. The maximum atomic E-state index is 14.1. The summed E-state index contributed by atoms with van der Waals surface area (Å²) in [6.45, 7) is 2.03. The van der Waals surface area contributed by atoms with E-state index in [2.05, 4.69) is 15.6 Å². The molecular formula is C21H17ClF2N4O2. The third-order valence-corrected chi connectivity index (χ3v) is 5.04. The van der Waals surface area contributed by atoms with E-state index in [-0.39, 0.29) is 35.1 Å². The predicted molar refractivity (Wildman–Crippen MR) is 109 cm³/mol. The van der Waals surface area contributed by atoms with E-state index in [4.69, 9.17) is 16.4 Å². The van der Waals surface area contributed by atoms with Crippen molar-refractivity contribution in [1.82, 2.24) is 9.78 Å². The average molecular weight is 431 g/mol. The van der Waals surface area contributed by atoms with Gasteiger partial charge in [-0.05, 0) is 25.1 Å². The van der Waals surface area contributed by atoms with Crippen molar-refractivity contribution in [2.24, 2.45) is 5.16 Å². The number of oxime groups is 1. The van der Waals surface area contributed by atoms with E-state index < -0.39 is 17.8 Å². The number of benzene rings is 2. The average Bonchev–Trinajstić information content (AvgIpc) is 3.31. The van der Waals surface area contributed by atoms with Crippen molar-refractivity contribution in [1.29, 1.82) is 0 Å². The third kappa shape index (κ3) is 4.04. The van der Waals surface area contributed by atoms with Crippen molar-refractivity contribution in [3.8, 4) is 0 Å². The van der Waals surface area contributed by atoms with Gasteiger partial charge in [0, 0.05) is 23.7 Å². The van der Waals surface area contributed by atoms with Crippen molar-refractivity contribution in [3.63, 3.8) is 0 Å². The second-order valence-electron chi connectivity index (χ2n) is 6.84. The van der Waals surface area contributed by atoms with E-state index in [1.807, 2.05) is 0 Å². The highest BCUT2D eigenvalue weighted by molar-refractivity contribution is 6.34. The molecule has 0 radical (unpaired) electrons. The number of nitrogens with one attached hydrogen (secondary N) is 1. The molecule has 0 bridgehead atoms. The van der Waals surface area contributed by atoms with Crippen molar-refractivity contribution in [2.75, 3.05) is 5.32 Å². The summed E-state index contributed by atoms with van der Waals surface area (Å²) in [4.78, 5) is 17.7. The van der Waals surface area contributed by atoms with Gasteiger partial charge in [0.05, 0.1) is 22.8 Å². The Morgan fingerprint density at radius 2 is 2.00 bits per heavy atom. The molecule has 1 aliphatic rings. The molecule has 1 atom stereocenters. The summed E-state index contributed by atoms with van der Waals surface area (Å²) >= 11 is 6.05. The van der Waals surface area contributed by atoms with Gasteiger partial charge in [0.1, 0.15) is 11.6 Å². The Balaban J connectivity index is 1.42. The van der Waals surface area contributed by atoms with Crippen LogP contribution in [0.4, 0.5) is 14.6 Å². The number of anilines is 1. The van der Waals surface area contributed by atoms with Gasteiger partial charge in [0.15, 0.2) is 5.82 Å². The number of carbonyl (C=O) groups excluding carboxylic acids is 1. The smallest absolute Gasteiger partial charge is 0.269 e. The van der Waals surface area contributed by atoms with Gasteiger partial charge in [-0.1, -0.05) is 41.0 Å². The van der Waals surface area contributed by atoms with Crippen LogP contribution in [0.3, 0.4) is 0 Å². The quantitative estimate of drug-likeness (QED) is 0.656. The van der Waals surface area contributed by atoms with Gasteiger partial charge in [-0.3, -0.25) is 9.48 Å². The maximum Gasteiger partial charge on any atom is 0.269 e. The van der Waals surface area contributed by atoms with Gasteiger partial charge < -0.3 is 10.2 Å². The lowest BCUT2D eigenvalue weighted by Crippen LogP contribution is -2.28. The fourth-order valence-corrected chi connectivity index (χ4v) is 3.44. The lowest BCUT2D eigenvalue weighted by molar-refractivity contribution is -0.125. The van der Waals surface area contributed by atoms with Gasteiger partial charge in [-0.15, -0.1) is 0 Å². The lowest BCUT2D eigenvalue weighted by Gasteiger charge is -2.08. The first-order valence-corrected chi connectivity index (χ1v) is 9.56. The minimum Gasteiger partial charge on any atom is -0.382 e. The highest BCUT2D eigenvalue weighted by Gasteiger charge is 2.31. The SMILES string of the molecule is Cc1cc(NC(=O)C2CC(c3c(F)cccc3Cl)=NO2)nn1Cc1ccccc1F. The number of aromatic nitrogens is 2. The molecule has 0 aliphatic carbocycles. The second-order valence-corrected chi connectivity index (χ2v) is 7.25. The van der Waals surface area contributed by atoms with E-state index in [0.717, 1.165) is 5.69 Å². The highest BCUT2D eigenvalue weighted by Crippen LogP contribution is 2.26. The Labute approximate surface area is 176 Å². The number of hydrogen-bond donors (Lipinski definition) is 1. The molecule has 6 nitrogen and oxygen atoms in total. The molecule has 3 aromatic rings. The molecule has 0 saturated carbocycles. The summed E-state index contributed by atoms with van der Waals surface area (Å²) in [6.07, 6.45) is -0.866. The van der Waals surface area contributed by atoms with Crippen molar-refractivity contribution in [3.05, 3.63) is 82.0 Å². The van der Waals surface area contributed by atoms with Gasteiger partial charge in [0.25, 0.3) is 5.91 Å². The first-order valence-electron chi connectivity index (χ1n) is 9.18. The fraction of sp³-hybridized carbons (Fsp3) is 0.190. The maximum absolute atomic E-state index is 14.1. The van der Waals surface area contributed by atoms with Gasteiger partial charge >= 0.3 is 0 Å². The minimum atomic E-state index is -0.937. The Morgan fingerprint density at radius 1 is 1.23 bits per heavy atom. The standard InChI is InChI=1S/C21H17ClF2N4O2/c1-12-9-19(26-28(12)11-13-5-2-3-7-15(13)23)25-21(29)18-10-17(27-30-18)20-14(22)6-4-8-16(20)24/h2-9,18H,10-11H2,1H3,(H,25,26,29). The normalized spacial score (nSPS) is 15.6. The van der Waals surface area contributed by atoms with Crippen LogP contribution >= 0.6 is 11.6 Å². The van der Waals surface area contributed by atoms with E-state index in [0.29, 0.717) is 11.4 Å². The Hall–Kier alpha value is -3.26. The fourth-order valence-electron chi connectivity index (χ4n) is 3.17. The molecular weight excluding hydrogens is 414 g/mol. The zero-order valence-electron chi connectivity index (χ0n) is 15.9. The van der Waals surface area contributed by atoms with Crippen LogP contribution < -0.4 is 5.32 Å². The molecule has 1 aromatic heterocycles. The molecule has 0 spiro atoms. The van der Waals surface area contributed by atoms with Crippen LogP contribution in [-0.4, -0.2) is 27.5 Å². The molecule has 0 saturated heterocycles. The second kappa shape index (κ2) is 8.23. The molecule has 1 unspecified atom stereocenters. The number of nitrogens with zero attached hydrogens (tertiary/aromatic N) is 3. The monoisotopic (exact) mass is 430 g/mol. The molecule has 0 fully saturated rings. The van der Waals surface area contributed by atoms with E-state index >= 15 is 0 Å². The molecule has 2 aromatic carbocycles. The zero-order chi connectivity index (χ0) is 21.3. The summed E-state index contributed by atoms with van der Waals surface area (Å²) in [7, 11) is 0. The van der Waals surface area contributed by atoms with E-state index in [1.54, 1.807) is 41.9 Å². The first kappa shape index (κ1) is 20.0. The van der Waals surface area contributed by atoms with Gasteiger partial charge in [-0.2, -0.15) is 5.10 Å². The number of aryl methyl sites for hydroxylation is 1. The summed E-state index contributed by atoms with van der Waals surface area (Å²) < 4.78 is 29.5. The largest absolute Gasteiger partial charge is 0.382 e. The zero-order valence-corrected chi connectivity index (χ0v) is 16.7. The molecule has 9 heteroatoms. The van der Waals surface area contributed by atoms with Crippen LogP contribution in [0, 0.1) is 18.6 Å². The number of carbonyl (C=O) groups is 1. The van der Waals surface area contributed by atoms with Crippen LogP contribution in [0.2, 0.25) is 5.02 Å². The predicted octanol–water partition coefficient (Wildman–Crippen LogP) is 4.30. The van der Waals surface area contributed by atoms with E-state index in [9.17, 15) is 13.6 Å².